The summed E-state index contributed by atoms with van der Waals surface area (Å²) in [6, 6.07) is 0. The van der Waals surface area contributed by atoms with Gasteiger partial charge in [-0.15, -0.1) is 0 Å². The fourth-order valence-corrected chi connectivity index (χ4v) is 2.87. The second kappa shape index (κ2) is 4.44. The first kappa shape index (κ1) is 13.2. The van der Waals surface area contributed by atoms with E-state index in [1.165, 1.54) is 0 Å². The van der Waals surface area contributed by atoms with Crippen LogP contribution in [0.1, 0.15) is 46.5 Å². The molecule has 1 atom stereocenters. The van der Waals surface area contributed by atoms with E-state index < -0.39 is 5.60 Å². The van der Waals surface area contributed by atoms with Crippen molar-refractivity contribution in [1.82, 2.24) is 4.90 Å². The van der Waals surface area contributed by atoms with Crippen LogP contribution in [0.5, 0.6) is 0 Å². The lowest BCUT2D eigenvalue weighted by atomic mass is 9.85. The van der Waals surface area contributed by atoms with Gasteiger partial charge in [0.2, 0.25) is 0 Å². The summed E-state index contributed by atoms with van der Waals surface area (Å²) in [6.45, 7) is 7.10. The zero-order valence-electron chi connectivity index (χ0n) is 11.4. The van der Waals surface area contributed by atoms with E-state index in [-0.39, 0.29) is 11.5 Å². The lowest BCUT2D eigenvalue weighted by Gasteiger charge is -2.26. The topological polar surface area (TPSA) is 62.1 Å². The second-order valence-corrected chi connectivity index (χ2v) is 6.49. The molecule has 1 heterocycles. The molecule has 0 aromatic heterocycles. The van der Waals surface area contributed by atoms with Crippen molar-refractivity contribution in [3.05, 3.63) is 0 Å². The van der Waals surface area contributed by atoms with E-state index in [0.717, 1.165) is 44.5 Å². The molecule has 1 aliphatic heterocycles. The second-order valence-electron chi connectivity index (χ2n) is 6.49. The fourth-order valence-electron chi connectivity index (χ4n) is 2.87. The molecule has 1 unspecified atom stereocenters. The van der Waals surface area contributed by atoms with Crippen LogP contribution in [0.25, 0.3) is 0 Å². The molecule has 0 aromatic carbocycles. The molecular formula is C13H22N2O3. The van der Waals surface area contributed by atoms with Gasteiger partial charge in [-0.3, -0.25) is 0 Å². The molecule has 1 saturated carbocycles. The molecule has 1 spiro atoms. The molecule has 1 amide bonds. The van der Waals surface area contributed by atoms with Crippen LogP contribution < -0.4 is 0 Å². The van der Waals surface area contributed by atoms with Gasteiger partial charge in [-0.05, 0) is 51.9 Å². The summed E-state index contributed by atoms with van der Waals surface area (Å²) in [5.74, 6) is 0. The monoisotopic (exact) mass is 254 g/mol. The number of hydrogen-bond acceptors (Lipinski definition) is 4. The molecule has 0 bridgehead atoms. The summed E-state index contributed by atoms with van der Waals surface area (Å²) in [7, 11) is 0. The number of oxime groups is 1. The number of nitrogens with zero attached hydrogens (tertiary/aromatic N) is 2. The van der Waals surface area contributed by atoms with E-state index in [0.29, 0.717) is 0 Å². The third-order valence-electron chi connectivity index (χ3n) is 3.75. The molecule has 1 aliphatic carbocycles. The highest BCUT2D eigenvalue weighted by Gasteiger charge is 2.45. The van der Waals surface area contributed by atoms with Gasteiger partial charge in [-0.25, -0.2) is 4.79 Å². The fraction of sp³-hybridized carbons (Fsp3) is 0.846. The summed E-state index contributed by atoms with van der Waals surface area (Å²) in [4.78, 5) is 13.8. The SMILES string of the molecule is CC(C)(C)OC(=O)N1CCC2(CC/C(=N/O)C2)C1. The van der Waals surface area contributed by atoms with Crippen LogP contribution in [-0.4, -0.2) is 40.6 Å². The third kappa shape index (κ3) is 2.76. The van der Waals surface area contributed by atoms with Crippen molar-refractivity contribution in [2.75, 3.05) is 13.1 Å². The predicted molar refractivity (Wildman–Crippen MR) is 67.9 cm³/mol. The summed E-state index contributed by atoms with van der Waals surface area (Å²) >= 11 is 0. The first-order valence-corrected chi connectivity index (χ1v) is 6.51. The van der Waals surface area contributed by atoms with Gasteiger partial charge < -0.3 is 14.8 Å². The Balaban J connectivity index is 1.95. The van der Waals surface area contributed by atoms with Crippen molar-refractivity contribution in [1.29, 1.82) is 0 Å². The zero-order valence-corrected chi connectivity index (χ0v) is 11.4. The van der Waals surface area contributed by atoms with E-state index in [9.17, 15) is 4.79 Å². The Morgan fingerprint density at radius 3 is 2.72 bits per heavy atom. The van der Waals surface area contributed by atoms with Crippen LogP contribution in [0, 0.1) is 5.41 Å². The van der Waals surface area contributed by atoms with E-state index >= 15 is 0 Å². The summed E-state index contributed by atoms with van der Waals surface area (Å²) in [6.07, 6.45) is 3.41. The summed E-state index contributed by atoms with van der Waals surface area (Å²) in [5, 5.41) is 12.1. The minimum atomic E-state index is -0.444. The largest absolute Gasteiger partial charge is 0.444 e. The Bertz CT molecular complexity index is 373. The van der Waals surface area contributed by atoms with Crippen LogP contribution in [0.15, 0.2) is 5.16 Å². The number of carbonyl (C=O) groups is 1. The number of amides is 1. The van der Waals surface area contributed by atoms with E-state index in [1.54, 1.807) is 4.90 Å². The Kier molecular flexibility index (Phi) is 3.25. The molecule has 18 heavy (non-hydrogen) atoms. The molecule has 1 N–H and O–H groups in total. The highest BCUT2D eigenvalue weighted by Crippen LogP contribution is 2.44. The molecule has 2 rings (SSSR count). The van der Waals surface area contributed by atoms with Gasteiger partial charge in [0, 0.05) is 13.1 Å². The zero-order chi connectivity index (χ0) is 13.4. The Hall–Kier alpha value is -1.26. The maximum absolute atomic E-state index is 12.0. The molecular weight excluding hydrogens is 232 g/mol. The lowest BCUT2D eigenvalue weighted by Crippen LogP contribution is -2.36. The molecule has 1 saturated heterocycles. The Morgan fingerprint density at radius 1 is 1.44 bits per heavy atom. The van der Waals surface area contributed by atoms with Crippen LogP contribution >= 0.6 is 0 Å². The normalized spacial score (nSPS) is 30.4. The van der Waals surface area contributed by atoms with Crippen LogP contribution in [0.3, 0.4) is 0 Å². The quantitative estimate of drug-likeness (QED) is 0.534. The number of hydrogen-bond donors (Lipinski definition) is 1. The first-order chi connectivity index (χ1) is 8.34. The van der Waals surface area contributed by atoms with Gasteiger partial charge in [0.05, 0.1) is 5.71 Å². The summed E-state index contributed by atoms with van der Waals surface area (Å²) in [5.41, 5.74) is 0.541. The van der Waals surface area contributed by atoms with Crippen molar-refractivity contribution >= 4 is 11.8 Å². The molecule has 5 heteroatoms. The van der Waals surface area contributed by atoms with Crippen LogP contribution in [0.4, 0.5) is 4.79 Å². The Labute approximate surface area is 108 Å². The van der Waals surface area contributed by atoms with Crippen molar-refractivity contribution in [2.24, 2.45) is 10.6 Å². The van der Waals surface area contributed by atoms with Crippen molar-refractivity contribution in [3.8, 4) is 0 Å². The molecule has 102 valence electrons. The lowest BCUT2D eigenvalue weighted by molar-refractivity contribution is 0.0274. The standard InChI is InChI=1S/C13H22N2O3/c1-12(2,3)18-11(16)15-7-6-13(9-15)5-4-10(8-13)14-17/h17H,4-9H2,1-3H3/b14-10-. The van der Waals surface area contributed by atoms with Crippen molar-refractivity contribution in [3.63, 3.8) is 0 Å². The maximum Gasteiger partial charge on any atom is 0.410 e. The van der Waals surface area contributed by atoms with Crippen LogP contribution in [0.2, 0.25) is 0 Å². The van der Waals surface area contributed by atoms with E-state index in [1.807, 2.05) is 20.8 Å². The average Bonchev–Trinajstić information content (AvgIpc) is 2.84. The highest BCUT2D eigenvalue weighted by molar-refractivity contribution is 5.87. The molecule has 0 aromatic rings. The minimum Gasteiger partial charge on any atom is -0.444 e. The highest BCUT2D eigenvalue weighted by atomic mass is 16.6. The van der Waals surface area contributed by atoms with Gasteiger partial charge in [0.15, 0.2) is 0 Å². The van der Waals surface area contributed by atoms with Crippen LogP contribution in [-0.2, 0) is 4.74 Å². The third-order valence-corrected chi connectivity index (χ3v) is 3.75. The van der Waals surface area contributed by atoms with Crippen molar-refractivity contribution < 1.29 is 14.7 Å². The number of likely N-dealkylation sites (tertiary alicyclic amines) is 1. The Morgan fingerprint density at radius 2 is 2.17 bits per heavy atom. The minimum absolute atomic E-state index is 0.123. The molecule has 2 aliphatic rings. The summed E-state index contributed by atoms with van der Waals surface area (Å²) < 4.78 is 5.38. The number of rotatable bonds is 0. The van der Waals surface area contributed by atoms with Crippen molar-refractivity contribution in [2.45, 2.75) is 52.1 Å². The number of ether oxygens (including phenoxy) is 1. The van der Waals surface area contributed by atoms with E-state index in [4.69, 9.17) is 9.94 Å². The molecule has 2 fully saturated rings. The van der Waals surface area contributed by atoms with Gasteiger partial charge in [-0.2, -0.15) is 0 Å². The van der Waals surface area contributed by atoms with Gasteiger partial charge in [0.1, 0.15) is 5.60 Å². The van der Waals surface area contributed by atoms with Gasteiger partial charge in [0.25, 0.3) is 0 Å². The smallest absolute Gasteiger partial charge is 0.410 e. The van der Waals surface area contributed by atoms with Gasteiger partial charge >= 0.3 is 6.09 Å². The number of carbonyl (C=O) groups excluding carboxylic acids is 1. The average molecular weight is 254 g/mol. The first-order valence-electron chi connectivity index (χ1n) is 6.51. The predicted octanol–water partition coefficient (Wildman–Crippen LogP) is 2.63. The maximum atomic E-state index is 12.0. The molecule has 5 nitrogen and oxygen atoms in total. The molecule has 0 radical (unpaired) electrons. The van der Waals surface area contributed by atoms with E-state index in [2.05, 4.69) is 5.16 Å². The van der Waals surface area contributed by atoms with Gasteiger partial charge in [-0.1, -0.05) is 5.16 Å².